The highest BCUT2D eigenvalue weighted by Crippen LogP contribution is 2.31. The summed E-state index contributed by atoms with van der Waals surface area (Å²) in [6, 6.07) is 13.8. The molecule has 156 valence electrons. The Hall–Kier alpha value is -2.15. The standard InChI is InChI=1S/C22H27N3O2S.ClH/c1-16-14-19-20(15-17(16)2)28-22(23-19)25(12-11-24(3)4)21(26)10-13-27-18-8-6-5-7-9-18;/h5-9,14-15H,10-13H2,1-4H3;1H. The lowest BCUT2D eigenvalue weighted by Crippen LogP contribution is -2.37. The third kappa shape index (κ3) is 6.16. The molecule has 0 N–H and O–H groups in total. The number of carbonyl (C=O) groups excluding carboxylic acids is 1. The molecule has 0 aliphatic carbocycles. The first-order valence-electron chi connectivity index (χ1n) is 9.45. The monoisotopic (exact) mass is 433 g/mol. The van der Waals surface area contributed by atoms with Crippen molar-refractivity contribution in [2.45, 2.75) is 20.3 Å². The minimum atomic E-state index is 0. The highest BCUT2D eigenvalue weighted by Gasteiger charge is 2.20. The molecule has 0 radical (unpaired) electrons. The number of para-hydroxylation sites is 1. The van der Waals surface area contributed by atoms with Gasteiger partial charge < -0.3 is 9.64 Å². The summed E-state index contributed by atoms with van der Waals surface area (Å²) in [6.45, 7) is 5.92. The molecule has 29 heavy (non-hydrogen) atoms. The van der Waals surface area contributed by atoms with E-state index in [-0.39, 0.29) is 18.3 Å². The molecule has 1 heterocycles. The molecular formula is C22H28ClN3O2S. The van der Waals surface area contributed by atoms with Crippen molar-refractivity contribution in [2.24, 2.45) is 0 Å². The summed E-state index contributed by atoms with van der Waals surface area (Å²) in [5.41, 5.74) is 3.41. The highest BCUT2D eigenvalue weighted by molar-refractivity contribution is 7.22. The third-order valence-corrected chi connectivity index (χ3v) is 5.66. The van der Waals surface area contributed by atoms with E-state index in [0.29, 0.717) is 19.6 Å². The van der Waals surface area contributed by atoms with Crippen LogP contribution in [-0.4, -0.2) is 49.6 Å². The lowest BCUT2D eigenvalue weighted by atomic mass is 10.1. The van der Waals surface area contributed by atoms with Crippen LogP contribution in [0.2, 0.25) is 0 Å². The van der Waals surface area contributed by atoms with Crippen LogP contribution in [0.4, 0.5) is 5.13 Å². The number of fused-ring (bicyclic) bond motifs is 1. The second-order valence-electron chi connectivity index (χ2n) is 7.16. The van der Waals surface area contributed by atoms with Crippen LogP contribution in [0.3, 0.4) is 0 Å². The molecule has 0 saturated carbocycles. The first-order chi connectivity index (χ1) is 13.4. The Morgan fingerprint density at radius 1 is 1.07 bits per heavy atom. The highest BCUT2D eigenvalue weighted by atomic mass is 35.5. The fourth-order valence-electron chi connectivity index (χ4n) is 2.82. The van der Waals surface area contributed by atoms with Crippen LogP contribution in [0.1, 0.15) is 17.5 Å². The minimum Gasteiger partial charge on any atom is -0.493 e. The van der Waals surface area contributed by atoms with E-state index in [2.05, 4.69) is 30.9 Å². The number of nitrogens with zero attached hydrogens (tertiary/aromatic N) is 3. The fourth-order valence-corrected chi connectivity index (χ4v) is 3.91. The van der Waals surface area contributed by atoms with Gasteiger partial charge in [-0.05, 0) is 63.3 Å². The Labute approximate surface area is 182 Å². The molecule has 0 fully saturated rings. The van der Waals surface area contributed by atoms with Gasteiger partial charge in [-0.3, -0.25) is 9.69 Å². The van der Waals surface area contributed by atoms with Crippen LogP contribution in [0.15, 0.2) is 42.5 Å². The number of halogens is 1. The second-order valence-corrected chi connectivity index (χ2v) is 8.17. The summed E-state index contributed by atoms with van der Waals surface area (Å²) in [5.74, 6) is 0.811. The molecule has 7 heteroatoms. The van der Waals surface area contributed by atoms with Gasteiger partial charge in [0.25, 0.3) is 0 Å². The summed E-state index contributed by atoms with van der Waals surface area (Å²) < 4.78 is 6.82. The van der Waals surface area contributed by atoms with E-state index in [0.717, 1.165) is 27.6 Å². The number of likely N-dealkylation sites (N-methyl/N-ethyl adjacent to an activating group) is 1. The lowest BCUT2D eigenvalue weighted by Gasteiger charge is -2.22. The summed E-state index contributed by atoms with van der Waals surface area (Å²) in [4.78, 5) is 21.6. The van der Waals surface area contributed by atoms with E-state index in [1.165, 1.54) is 11.1 Å². The molecular weight excluding hydrogens is 406 g/mol. The van der Waals surface area contributed by atoms with Crippen molar-refractivity contribution in [1.82, 2.24) is 9.88 Å². The van der Waals surface area contributed by atoms with Gasteiger partial charge in [-0.25, -0.2) is 4.98 Å². The molecule has 0 aliphatic heterocycles. The van der Waals surface area contributed by atoms with Gasteiger partial charge in [-0.1, -0.05) is 29.5 Å². The smallest absolute Gasteiger partial charge is 0.232 e. The lowest BCUT2D eigenvalue weighted by molar-refractivity contribution is -0.119. The Morgan fingerprint density at radius 2 is 1.76 bits per heavy atom. The van der Waals surface area contributed by atoms with Crippen molar-refractivity contribution in [3.63, 3.8) is 0 Å². The van der Waals surface area contributed by atoms with Gasteiger partial charge >= 0.3 is 0 Å². The van der Waals surface area contributed by atoms with E-state index in [9.17, 15) is 4.79 Å². The normalized spacial score (nSPS) is 10.8. The summed E-state index contributed by atoms with van der Waals surface area (Å²) in [5, 5.41) is 0.756. The quantitative estimate of drug-likeness (QED) is 0.516. The molecule has 1 amide bonds. The number of benzene rings is 2. The number of hydrogen-bond donors (Lipinski definition) is 0. The zero-order chi connectivity index (χ0) is 20.1. The van der Waals surface area contributed by atoms with Crippen molar-refractivity contribution < 1.29 is 9.53 Å². The average Bonchev–Trinajstić information content (AvgIpc) is 3.05. The number of ether oxygens (including phenoxy) is 1. The van der Waals surface area contributed by atoms with Crippen molar-refractivity contribution in [2.75, 3.05) is 38.7 Å². The molecule has 1 aromatic heterocycles. The number of carbonyl (C=O) groups is 1. The van der Waals surface area contributed by atoms with Gasteiger partial charge in [0.1, 0.15) is 5.75 Å². The maximum Gasteiger partial charge on any atom is 0.232 e. The van der Waals surface area contributed by atoms with Crippen molar-refractivity contribution >= 4 is 45.0 Å². The fraction of sp³-hybridized carbons (Fsp3) is 0.364. The van der Waals surface area contributed by atoms with Gasteiger partial charge in [-0.2, -0.15) is 0 Å². The topological polar surface area (TPSA) is 45.7 Å². The largest absolute Gasteiger partial charge is 0.493 e. The molecule has 0 bridgehead atoms. The van der Waals surface area contributed by atoms with Crippen molar-refractivity contribution in [1.29, 1.82) is 0 Å². The first-order valence-corrected chi connectivity index (χ1v) is 10.3. The average molecular weight is 434 g/mol. The Balaban J connectivity index is 0.00000300. The molecule has 3 rings (SSSR count). The number of hydrogen-bond acceptors (Lipinski definition) is 5. The van der Waals surface area contributed by atoms with Crippen molar-refractivity contribution in [3.8, 4) is 5.75 Å². The van der Waals surface area contributed by atoms with Crippen molar-refractivity contribution in [3.05, 3.63) is 53.6 Å². The maximum atomic E-state index is 13.0. The van der Waals surface area contributed by atoms with Crippen LogP contribution < -0.4 is 9.64 Å². The summed E-state index contributed by atoms with van der Waals surface area (Å²) in [6.07, 6.45) is 0.316. The number of aromatic nitrogens is 1. The summed E-state index contributed by atoms with van der Waals surface area (Å²) in [7, 11) is 4.01. The Kier molecular flexibility index (Phi) is 8.44. The van der Waals surface area contributed by atoms with E-state index in [1.807, 2.05) is 44.4 Å². The number of amides is 1. The van der Waals surface area contributed by atoms with Gasteiger partial charge in [0.05, 0.1) is 23.2 Å². The van der Waals surface area contributed by atoms with Crippen LogP contribution >= 0.6 is 23.7 Å². The number of rotatable bonds is 8. The molecule has 0 spiro atoms. The SMILES string of the molecule is Cc1cc2nc(N(CCN(C)C)C(=O)CCOc3ccccc3)sc2cc1C.Cl. The molecule has 5 nitrogen and oxygen atoms in total. The van der Waals surface area contributed by atoms with Crippen LogP contribution in [0, 0.1) is 13.8 Å². The number of aryl methyl sites for hydroxylation is 2. The van der Waals surface area contributed by atoms with E-state index >= 15 is 0 Å². The Bertz CT molecular complexity index is 905. The molecule has 0 saturated heterocycles. The van der Waals surface area contributed by atoms with Crippen LogP contribution in [0.25, 0.3) is 10.2 Å². The molecule has 2 aromatic carbocycles. The predicted molar refractivity (Wildman–Crippen MR) is 124 cm³/mol. The number of anilines is 1. The Morgan fingerprint density at radius 3 is 2.45 bits per heavy atom. The van der Waals surface area contributed by atoms with E-state index in [4.69, 9.17) is 9.72 Å². The van der Waals surface area contributed by atoms with Crippen LogP contribution in [-0.2, 0) is 4.79 Å². The minimum absolute atomic E-state index is 0. The molecule has 0 aliphatic rings. The van der Waals surface area contributed by atoms with Gasteiger partial charge in [0.15, 0.2) is 5.13 Å². The number of thiazole rings is 1. The van der Waals surface area contributed by atoms with E-state index in [1.54, 1.807) is 16.2 Å². The van der Waals surface area contributed by atoms with E-state index < -0.39 is 0 Å². The predicted octanol–water partition coefficient (Wildman–Crippen LogP) is 4.70. The molecule has 0 unspecified atom stereocenters. The zero-order valence-corrected chi connectivity index (χ0v) is 19.0. The van der Waals surface area contributed by atoms with Gasteiger partial charge in [0, 0.05) is 13.1 Å². The molecule has 0 atom stereocenters. The van der Waals surface area contributed by atoms with Gasteiger partial charge in [-0.15, -0.1) is 12.4 Å². The summed E-state index contributed by atoms with van der Waals surface area (Å²) >= 11 is 1.57. The maximum absolute atomic E-state index is 13.0. The third-order valence-electron chi connectivity index (χ3n) is 4.62. The first kappa shape index (κ1) is 23.1. The van der Waals surface area contributed by atoms with Gasteiger partial charge in [0.2, 0.25) is 5.91 Å². The van der Waals surface area contributed by atoms with Crippen LogP contribution in [0.5, 0.6) is 5.75 Å². The molecule has 3 aromatic rings. The zero-order valence-electron chi connectivity index (χ0n) is 17.3. The second kappa shape index (κ2) is 10.6.